The first-order valence-corrected chi connectivity index (χ1v) is 15.1. The van der Waals surface area contributed by atoms with Gasteiger partial charge in [0.05, 0.1) is 12.7 Å². The van der Waals surface area contributed by atoms with E-state index in [2.05, 4.69) is 54.3 Å². The van der Waals surface area contributed by atoms with Crippen LogP contribution in [0, 0.1) is 0 Å². The average Bonchev–Trinajstić information content (AvgIpc) is 3.42. The van der Waals surface area contributed by atoms with Gasteiger partial charge in [0.1, 0.15) is 11.6 Å². The van der Waals surface area contributed by atoms with Crippen molar-refractivity contribution in [2.75, 3.05) is 32.7 Å². The summed E-state index contributed by atoms with van der Waals surface area (Å²) in [5, 5.41) is 0. The van der Waals surface area contributed by atoms with Crippen molar-refractivity contribution >= 4 is 11.8 Å². The molecule has 39 heavy (non-hydrogen) atoms. The highest BCUT2D eigenvalue weighted by Crippen LogP contribution is 2.40. The molecule has 0 bridgehead atoms. The highest BCUT2D eigenvalue weighted by atomic mass is 16.5. The van der Waals surface area contributed by atoms with Gasteiger partial charge >= 0.3 is 0 Å². The van der Waals surface area contributed by atoms with Gasteiger partial charge in [-0.25, -0.2) is 0 Å². The summed E-state index contributed by atoms with van der Waals surface area (Å²) in [5.74, 6) is 0.293. The number of aryl methyl sites for hydroxylation is 1. The maximum atomic E-state index is 14.0. The van der Waals surface area contributed by atoms with Gasteiger partial charge in [-0.3, -0.25) is 9.59 Å². The van der Waals surface area contributed by atoms with E-state index in [1.807, 2.05) is 28.0 Å². The zero-order chi connectivity index (χ0) is 27.1. The predicted molar refractivity (Wildman–Crippen MR) is 154 cm³/mol. The molecule has 2 atom stereocenters. The Kier molecular flexibility index (Phi) is 9.36. The number of ether oxygens (including phenoxy) is 1. The number of carbonyl (C=O) groups is 2. The minimum absolute atomic E-state index is 0.0938. The highest BCUT2D eigenvalue weighted by molar-refractivity contribution is 6.00. The lowest BCUT2D eigenvalue weighted by Crippen LogP contribution is -2.72. The van der Waals surface area contributed by atoms with Gasteiger partial charge in [-0.05, 0) is 56.2 Å². The summed E-state index contributed by atoms with van der Waals surface area (Å²) in [6, 6.07) is 20.5. The van der Waals surface area contributed by atoms with E-state index in [9.17, 15) is 9.59 Å². The number of unbranched alkanes of at least 4 members (excludes halogenated alkanes) is 3. The summed E-state index contributed by atoms with van der Waals surface area (Å²) in [6.07, 6.45) is 8.95. The van der Waals surface area contributed by atoms with Gasteiger partial charge in [-0.2, -0.15) is 0 Å². The largest absolute Gasteiger partial charge is 0.372 e. The summed E-state index contributed by atoms with van der Waals surface area (Å²) in [4.78, 5) is 34.1. The van der Waals surface area contributed by atoms with Gasteiger partial charge in [0.2, 0.25) is 11.8 Å². The van der Waals surface area contributed by atoms with E-state index in [0.29, 0.717) is 26.1 Å². The van der Waals surface area contributed by atoms with Crippen LogP contribution < -0.4 is 0 Å². The van der Waals surface area contributed by atoms with Crippen LogP contribution in [0.15, 0.2) is 60.7 Å². The molecular formula is C33H45N3O3. The Morgan fingerprint density at radius 2 is 1.51 bits per heavy atom. The molecule has 3 heterocycles. The Morgan fingerprint density at radius 1 is 0.846 bits per heavy atom. The van der Waals surface area contributed by atoms with Gasteiger partial charge in [0, 0.05) is 32.6 Å². The Balaban J connectivity index is 1.12. The Morgan fingerprint density at radius 3 is 2.21 bits per heavy atom. The summed E-state index contributed by atoms with van der Waals surface area (Å²) in [7, 11) is 0. The number of benzene rings is 2. The molecule has 1 spiro atoms. The molecule has 2 amide bonds. The Bertz CT molecular complexity index is 1070. The highest BCUT2D eigenvalue weighted by Gasteiger charge is 2.59. The maximum absolute atomic E-state index is 14.0. The number of likely N-dealkylation sites (tertiary alicyclic amines) is 1. The Labute approximate surface area is 234 Å². The van der Waals surface area contributed by atoms with E-state index in [-0.39, 0.29) is 24.0 Å². The van der Waals surface area contributed by atoms with Crippen molar-refractivity contribution < 1.29 is 14.3 Å². The molecule has 2 aromatic carbocycles. The van der Waals surface area contributed by atoms with Crippen molar-refractivity contribution in [3.8, 4) is 0 Å². The topological polar surface area (TPSA) is 53.1 Å². The molecule has 210 valence electrons. The van der Waals surface area contributed by atoms with E-state index in [1.54, 1.807) is 0 Å². The van der Waals surface area contributed by atoms with E-state index >= 15 is 0 Å². The number of nitrogens with zero attached hydrogens (tertiary/aromatic N) is 3. The van der Waals surface area contributed by atoms with E-state index < -0.39 is 5.54 Å². The van der Waals surface area contributed by atoms with Crippen molar-refractivity contribution in [1.29, 1.82) is 0 Å². The molecule has 6 heteroatoms. The zero-order valence-electron chi connectivity index (χ0n) is 23.6. The third-order valence-electron chi connectivity index (χ3n) is 8.98. The first-order chi connectivity index (χ1) is 19.1. The molecule has 0 aliphatic carbocycles. The van der Waals surface area contributed by atoms with Gasteiger partial charge in [0.15, 0.2) is 0 Å². The predicted octanol–water partition coefficient (Wildman–Crippen LogP) is 5.06. The quantitative estimate of drug-likeness (QED) is 0.359. The van der Waals surface area contributed by atoms with Crippen LogP contribution in [0.4, 0.5) is 0 Å². The lowest BCUT2D eigenvalue weighted by Gasteiger charge is -2.53. The number of piperidine rings is 1. The number of piperazine rings is 1. The minimum Gasteiger partial charge on any atom is -0.372 e. The van der Waals surface area contributed by atoms with E-state index in [1.165, 1.54) is 31.2 Å². The lowest BCUT2D eigenvalue weighted by molar-refractivity contribution is -0.172. The molecule has 3 fully saturated rings. The Hall–Kier alpha value is -2.70. The molecular weight excluding hydrogens is 486 g/mol. The second-order valence-electron chi connectivity index (χ2n) is 11.6. The SMILES string of the molecule is CCCN1C(=O)[C@@H]2CC(OCc3ccccc3)CN2C(=O)C12CCN(CCCCCCc1ccccc1)CC2. The molecule has 2 aromatic rings. The summed E-state index contributed by atoms with van der Waals surface area (Å²) >= 11 is 0. The molecule has 3 aliphatic heterocycles. The molecule has 5 rings (SSSR count). The van der Waals surface area contributed by atoms with Crippen LogP contribution in [0.1, 0.15) is 69.4 Å². The molecule has 0 radical (unpaired) electrons. The van der Waals surface area contributed by atoms with Crippen LogP contribution in [-0.4, -0.2) is 76.9 Å². The van der Waals surface area contributed by atoms with Crippen LogP contribution in [0.3, 0.4) is 0 Å². The van der Waals surface area contributed by atoms with Crippen LogP contribution >= 0.6 is 0 Å². The third kappa shape index (κ3) is 6.38. The fourth-order valence-corrected chi connectivity index (χ4v) is 6.78. The van der Waals surface area contributed by atoms with Gasteiger partial charge < -0.3 is 19.4 Å². The van der Waals surface area contributed by atoms with Gasteiger partial charge in [-0.15, -0.1) is 0 Å². The second-order valence-corrected chi connectivity index (χ2v) is 11.6. The second kappa shape index (κ2) is 13.1. The summed E-state index contributed by atoms with van der Waals surface area (Å²) < 4.78 is 6.19. The standard InChI is InChI=1S/C33H45N3O3/c1-2-20-36-31(37)30-24-29(39-26-28-16-10-6-11-17-28)25-35(30)32(38)33(36)18-22-34(23-19-33)21-12-4-3-7-13-27-14-8-5-9-15-27/h5-6,8-11,14-17,29-30H,2-4,7,12-13,18-26H2,1H3/t29?,30-/m0/s1. The van der Waals surface area contributed by atoms with Crippen molar-refractivity contribution in [3.63, 3.8) is 0 Å². The number of amides is 2. The van der Waals surface area contributed by atoms with Gasteiger partial charge in [0.25, 0.3) is 0 Å². The van der Waals surface area contributed by atoms with E-state index in [4.69, 9.17) is 4.74 Å². The maximum Gasteiger partial charge on any atom is 0.249 e. The number of hydrogen-bond acceptors (Lipinski definition) is 4. The van der Waals surface area contributed by atoms with E-state index in [0.717, 1.165) is 50.9 Å². The number of fused-ring (bicyclic) bond motifs is 1. The molecule has 3 saturated heterocycles. The first-order valence-electron chi connectivity index (χ1n) is 15.1. The fraction of sp³-hybridized carbons (Fsp3) is 0.576. The lowest BCUT2D eigenvalue weighted by atomic mass is 9.81. The summed E-state index contributed by atoms with van der Waals surface area (Å²) in [5.41, 5.74) is 1.87. The molecule has 0 N–H and O–H groups in total. The monoisotopic (exact) mass is 531 g/mol. The molecule has 6 nitrogen and oxygen atoms in total. The van der Waals surface area contributed by atoms with Crippen molar-refractivity contribution in [2.45, 2.75) is 89.0 Å². The normalized spacial score (nSPS) is 23.0. The summed E-state index contributed by atoms with van der Waals surface area (Å²) in [6.45, 7) is 6.65. The number of rotatable bonds is 12. The van der Waals surface area contributed by atoms with Crippen molar-refractivity contribution in [3.05, 3.63) is 71.8 Å². The first kappa shape index (κ1) is 27.9. The smallest absolute Gasteiger partial charge is 0.249 e. The zero-order valence-corrected chi connectivity index (χ0v) is 23.6. The molecule has 0 aromatic heterocycles. The van der Waals surface area contributed by atoms with Crippen LogP contribution in [0.2, 0.25) is 0 Å². The molecule has 3 aliphatic rings. The average molecular weight is 532 g/mol. The van der Waals surface area contributed by atoms with Crippen LogP contribution in [0.25, 0.3) is 0 Å². The number of carbonyl (C=O) groups excluding carboxylic acids is 2. The molecule has 1 unspecified atom stereocenters. The third-order valence-corrected chi connectivity index (χ3v) is 8.98. The van der Waals surface area contributed by atoms with Crippen LogP contribution in [-0.2, 0) is 27.4 Å². The molecule has 0 saturated carbocycles. The van der Waals surface area contributed by atoms with Gasteiger partial charge in [-0.1, -0.05) is 80.4 Å². The minimum atomic E-state index is -0.676. The van der Waals surface area contributed by atoms with Crippen LogP contribution in [0.5, 0.6) is 0 Å². The number of hydrogen-bond donors (Lipinski definition) is 0. The van der Waals surface area contributed by atoms with Crippen molar-refractivity contribution in [1.82, 2.24) is 14.7 Å². The fourth-order valence-electron chi connectivity index (χ4n) is 6.78. The van der Waals surface area contributed by atoms with Crippen molar-refractivity contribution in [2.24, 2.45) is 0 Å².